The molecule has 0 saturated carbocycles. The van der Waals surface area contributed by atoms with Crippen LogP contribution in [-0.4, -0.2) is 16.1 Å². The Bertz CT molecular complexity index is 646. The van der Waals surface area contributed by atoms with Gasteiger partial charge in [-0.1, -0.05) is 11.6 Å². The van der Waals surface area contributed by atoms with Crippen LogP contribution in [0.2, 0.25) is 5.02 Å². The minimum Gasteiger partial charge on any atom is -0.322 e. The van der Waals surface area contributed by atoms with E-state index < -0.39 is 0 Å². The number of hydrogen-bond donors (Lipinski definition) is 1. The Kier molecular flexibility index (Phi) is 4.17. The van der Waals surface area contributed by atoms with Crippen molar-refractivity contribution >= 4 is 39.1 Å². The molecule has 0 fully saturated rings. The highest BCUT2D eigenvalue weighted by Gasteiger charge is 2.11. The monoisotopic (exact) mass is 339 g/mol. The number of rotatable bonds is 2. The molecule has 1 aromatic carbocycles. The minimum atomic E-state index is -0.218. The summed E-state index contributed by atoms with van der Waals surface area (Å²) in [5, 5.41) is 11.2. The highest BCUT2D eigenvalue weighted by Crippen LogP contribution is 2.25. The minimum absolute atomic E-state index is 0.218. The first-order chi connectivity index (χ1) is 8.97. The summed E-state index contributed by atoms with van der Waals surface area (Å²) < 4.78 is 0.729. The fourth-order valence-electron chi connectivity index (χ4n) is 1.55. The molecule has 2 rings (SSSR count). The van der Waals surface area contributed by atoms with E-state index in [9.17, 15) is 4.79 Å². The van der Waals surface area contributed by atoms with Crippen molar-refractivity contribution in [3.05, 3.63) is 50.7 Å². The topological polar surface area (TPSA) is 54.9 Å². The fraction of sp³-hybridized carbons (Fsp3) is 0.154. The number of anilines is 1. The summed E-state index contributed by atoms with van der Waals surface area (Å²) in [5.74, 6) is -0.218. The van der Waals surface area contributed by atoms with Gasteiger partial charge in [0.05, 0.1) is 22.0 Å². The average molecular weight is 341 g/mol. The second kappa shape index (κ2) is 5.67. The second-order valence-corrected chi connectivity index (χ2v) is 5.33. The first-order valence-corrected chi connectivity index (χ1v) is 6.72. The Hall–Kier alpha value is -1.46. The van der Waals surface area contributed by atoms with Crippen molar-refractivity contribution < 1.29 is 4.79 Å². The Morgan fingerprint density at radius 2 is 2.00 bits per heavy atom. The van der Waals surface area contributed by atoms with Crippen molar-refractivity contribution in [1.82, 2.24) is 10.2 Å². The van der Waals surface area contributed by atoms with Gasteiger partial charge in [-0.25, -0.2) is 0 Å². The van der Waals surface area contributed by atoms with Gasteiger partial charge in [0.1, 0.15) is 0 Å². The third kappa shape index (κ3) is 3.30. The third-order valence-electron chi connectivity index (χ3n) is 2.52. The predicted octanol–water partition coefficient (Wildman–Crippen LogP) is 3.76. The molecule has 98 valence electrons. The molecule has 4 nitrogen and oxygen atoms in total. The smallest absolute Gasteiger partial charge is 0.257 e. The lowest BCUT2D eigenvalue weighted by atomic mass is 10.2. The molecule has 0 atom stereocenters. The summed E-state index contributed by atoms with van der Waals surface area (Å²) in [7, 11) is 0. The van der Waals surface area contributed by atoms with E-state index in [2.05, 4.69) is 31.4 Å². The molecule has 1 heterocycles. The number of aryl methyl sites for hydroxylation is 2. The van der Waals surface area contributed by atoms with Gasteiger partial charge in [0.15, 0.2) is 0 Å². The first kappa shape index (κ1) is 14.0. The summed E-state index contributed by atoms with van der Waals surface area (Å²) in [6.45, 7) is 3.54. The summed E-state index contributed by atoms with van der Waals surface area (Å²) in [6.07, 6.45) is 0. The molecule has 0 aliphatic carbocycles. The van der Waals surface area contributed by atoms with E-state index in [1.54, 1.807) is 38.1 Å². The Labute approximate surface area is 124 Å². The molecule has 6 heteroatoms. The van der Waals surface area contributed by atoms with Gasteiger partial charge in [-0.05, 0) is 54.0 Å². The molecule has 0 aliphatic rings. The van der Waals surface area contributed by atoms with Crippen LogP contribution in [0.4, 0.5) is 5.69 Å². The molecule has 1 N–H and O–H groups in total. The van der Waals surface area contributed by atoms with E-state index in [1.807, 2.05) is 0 Å². The van der Waals surface area contributed by atoms with Gasteiger partial charge in [-0.3, -0.25) is 4.79 Å². The number of nitrogens with zero attached hydrogens (tertiary/aromatic N) is 2. The molecule has 0 aliphatic heterocycles. The second-order valence-electron chi connectivity index (χ2n) is 4.07. The lowest BCUT2D eigenvalue weighted by Gasteiger charge is -2.08. The van der Waals surface area contributed by atoms with Crippen molar-refractivity contribution in [2.75, 3.05) is 5.32 Å². The van der Waals surface area contributed by atoms with E-state index in [4.69, 9.17) is 11.6 Å². The molecule has 0 bridgehead atoms. The molecule has 0 saturated heterocycles. The molecular weight excluding hydrogens is 330 g/mol. The normalized spacial score (nSPS) is 10.3. The van der Waals surface area contributed by atoms with Crippen LogP contribution in [0, 0.1) is 13.8 Å². The highest BCUT2D eigenvalue weighted by molar-refractivity contribution is 9.10. The van der Waals surface area contributed by atoms with Crippen LogP contribution in [-0.2, 0) is 0 Å². The molecule has 19 heavy (non-hydrogen) atoms. The van der Waals surface area contributed by atoms with E-state index in [1.165, 1.54) is 0 Å². The molecule has 0 radical (unpaired) electrons. The number of amides is 1. The van der Waals surface area contributed by atoms with E-state index in [-0.39, 0.29) is 5.91 Å². The summed E-state index contributed by atoms with van der Waals surface area (Å²) in [6, 6.07) is 6.91. The van der Waals surface area contributed by atoms with Crippen molar-refractivity contribution in [3.8, 4) is 0 Å². The quantitative estimate of drug-likeness (QED) is 0.905. The number of carbonyl (C=O) groups is 1. The largest absolute Gasteiger partial charge is 0.322 e. The molecule has 0 spiro atoms. The van der Waals surface area contributed by atoms with E-state index in [0.717, 1.165) is 4.47 Å². The molecule has 1 aromatic heterocycles. The standard InChI is InChI=1S/C13H11BrClN3O/c1-7-5-10(8(2)18-17-7)13(19)16-9-3-4-12(15)11(14)6-9/h3-6H,1-2H3,(H,16,19). The van der Waals surface area contributed by atoms with Crippen LogP contribution in [0.3, 0.4) is 0 Å². The van der Waals surface area contributed by atoms with Crippen LogP contribution in [0.15, 0.2) is 28.7 Å². The van der Waals surface area contributed by atoms with Crippen LogP contribution >= 0.6 is 27.5 Å². The van der Waals surface area contributed by atoms with E-state index in [0.29, 0.717) is 27.7 Å². The Balaban J connectivity index is 2.25. The maximum atomic E-state index is 12.2. The van der Waals surface area contributed by atoms with Crippen molar-refractivity contribution in [3.63, 3.8) is 0 Å². The fourth-order valence-corrected chi connectivity index (χ4v) is 2.05. The van der Waals surface area contributed by atoms with E-state index >= 15 is 0 Å². The van der Waals surface area contributed by atoms with Crippen molar-refractivity contribution in [1.29, 1.82) is 0 Å². The number of hydrogen-bond acceptors (Lipinski definition) is 3. The molecular formula is C13H11BrClN3O. The Morgan fingerprint density at radius 3 is 2.68 bits per heavy atom. The molecule has 2 aromatic rings. The lowest BCUT2D eigenvalue weighted by molar-refractivity contribution is 0.102. The number of aromatic nitrogens is 2. The summed E-state index contributed by atoms with van der Waals surface area (Å²) in [4.78, 5) is 12.2. The lowest BCUT2D eigenvalue weighted by Crippen LogP contribution is -2.15. The highest BCUT2D eigenvalue weighted by atomic mass is 79.9. The van der Waals surface area contributed by atoms with Crippen LogP contribution in [0.25, 0.3) is 0 Å². The zero-order valence-electron chi connectivity index (χ0n) is 10.4. The van der Waals surface area contributed by atoms with Gasteiger partial charge in [0.2, 0.25) is 0 Å². The van der Waals surface area contributed by atoms with Gasteiger partial charge in [0, 0.05) is 10.2 Å². The van der Waals surface area contributed by atoms with Gasteiger partial charge < -0.3 is 5.32 Å². The number of carbonyl (C=O) groups excluding carboxylic acids is 1. The maximum absolute atomic E-state index is 12.2. The van der Waals surface area contributed by atoms with Gasteiger partial charge in [-0.2, -0.15) is 10.2 Å². The summed E-state index contributed by atoms with van der Waals surface area (Å²) >= 11 is 9.22. The van der Waals surface area contributed by atoms with Crippen LogP contribution < -0.4 is 5.32 Å². The number of nitrogens with one attached hydrogen (secondary N) is 1. The third-order valence-corrected chi connectivity index (χ3v) is 3.74. The van der Waals surface area contributed by atoms with Crippen LogP contribution in [0.1, 0.15) is 21.7 Å². The molecule has 1 amide bonds. The maximum Gasteiger partial charge on any atom is 0.257 e. The average Bonchev–Trinajstić information content (AvgIpc) is 2.36. The number of halogens is 2. The SMILES string of the molecule is Cc1cc(C(=O)Nc2ccc(Cl)c(Br)c2)c(C)nn1. The summed E-state index contributed by atoms with van der Waals surface area (Å²) in [5.41, 5.74) is 2.47. The number of benzene rings is 1. The first-order valence-electron chi connectivity index (χ1n) is 5.54. The predicted molar refractivity (Wildman–Crippen MR) is 78.6 cm³/mol. The van der Waals surface area contributed by atoms with Crippen molar-refractivity contribution in [2.24, 2.45) is 0 Å². The van der Waals surface area contributed by atoms with Gasteiger partial charge in [-0.15, -0.1) is 0 Å². The zero-order valence-corrected chi connectivity index (χ0v) is 12.7. The van der Waals surface area contributed by atoms with Crippen LogP contribution in [0.5, 0.6) is 0 Å². The van der Waals surface area contributed by atoms with Gasteiger partial charge >= 0.3 is 0 Å². The zero-order chi connectivity index (χ0) is 14.0. The Morgan fingerprint density at radius 1 is 1.26 bits per heavy atom. The molecule has 0 unspecified atom stereocenters. The van der Waals surface area contributed by atoms with Crippen molar-refractivity contribution in [2.45, 2.75) is 13.8 Å². The van der Waals surface area contributed by atoms with Gasteiger partial charge in [0.25, 0.3) is 5.91 Å².